The topological polar surface area (TPSA) is 91.9 Å². The summed E-state index contributed by atoms with van der Waals surface area (Å²) in [6.07, 6.45) is 4.09. The molecule has 0 aliphatic heterocycles. The lowest BCUT2D eigenvalue weighted by atomic mass is 10.2. The first-order chi connectivity index (χ1) is 8.97. The highest BCUT2D eigenvalue weighted by atomic mass is 32.2. The lowest BCUT2D eigenvalue weighted by Gasteiger charge is -2.04. The first kappa shape index (κ1) is 13.3. The Labute approximate surface area is 110 Å². The fraction of sp³-hybridized carbons (Fsp3) is 0.167. The summed E-state index contributed by atoms with van der Waals surface area (Å²) in [4.78, 5) is 11.9. The van der Waals surface area contributed by atoms with Crippen LogP contribution in [-0.2, 0) is 16.4 Å². The molecular weight excluding hydrogens is 266 g/mol. The SMILES string of the molecule is CS(=O)(=O)c1ccc(CNC(=O)c2cn[nH]c2)cc1. The molecule has 0 bridgehead atoms. The lowest BCUT2D eigenvalue weighted by Crippen LogP contribution is -2.22. The van der Waals surface area contributed by atoms with Crippen LogP contribution < -0.4 is 5.32 Å². The van der Waals surface area contributed by atoms with E-state index < -0.39 is 9.84 Å². The van der Waals surface area contributed by atoms with Gasteiger partial charge in [0.15, 0.2) is 9.84 Å². The number of hydrogen-bond acceptors (Lipinski definition) is 4. The average molecular weight is 279 g/mol. The highest BCUT2D eigenvalue weighted by molar-refractivity contribution is 7.90. The normalized spacial score (nSPS) is 11.2. The largest absolute Gasteiger partial charge is 0.348 e. The van der Waals surface area contributed by atoms with Gasteiger partial charge in [0, 0.05) is 19.0 Å². The van der Waals surface area contributed by atoms with E-state index in [1.165, 1.54) is 24.5 Å². The van der Waals surface area contributed by atoms with Crippen molar-refractivity contribution in [2.75, 3.05) is 6.26 Å². The van der Waals surface area contributed by atoms with E-state index in [4.69, 9.17) is 0 Å². The molecule has 6 nitrogen and oxygen atoms in total. The number of aromatic nitrogens is 2. The molecule has 100 valence electrons. The van der Waals surface area contributed by atoms with Gasteiger partial charge in [-0.15, -0.1) is 0 Å². The van der Waals surface area contributed by atoms with Gasteiger partial charge in [0.2, 0.25) is 0 Å². The van der Waals surface area contributed by atoms with Gasteiger partial charge in [0.1, 0.15) is 0 Å². The number of benzene rings is 1. The zero-order chi connectivity index (χ0) is 13.9. The number of hydrogen-bond donors (Lipinski definition) is 2. The minimum absolute atomic E-state index is 0.235. The van der Waals surface area contributed by atoms with Gasteiger partial charge in [-0.1, -0.05) is 12.1 Å². The molecule has 1 heterocycles. The van der Waals surface area contributed by atoms with Gasteiger partial charge in [-0.25, -0.2) is 8.42 Å². The summed E-state index contributed by atoms with van der Waals surface area (Å²) < 4.78 is 22.6. The van der Waals surface area contributed by atoms with Crippen LogP contribution in [0.25, 0.3) is 0 Å². The summed E-state index contributed by atoms with van der Waals surface area (Å²) in [6, 6.07) is 6.39. The van der Waals surface area contributed by atoms with Crippen molar-refractivity contribution in [1.82, 2.24) is 15.5 Å². The minimum Gasteiger partial charge on any atom is -0.348 e. The summed E-state index contributed by atoms with van der Waals surface area (Å²) in [5.41, 5.74) is 1.28. The molecule has 0 unspecified atom stereocenters. The van der Waals surface area contributed by atoms with Crippen LogP contribution in [0, 0.1) is 0 Å². The first-order valence-corrected chi connectivity index (χ1v) is 7.42. The molecule has 2 aromatic rings. The molecule has 1 amide bonds. The zero-order valence-electron chi connectivity index (χ0n) is 10.3. The van der Waals surface area contributed by atoms with E-state index in [0.717, 1.165) is 11.8 Å². The molecule has 2 rings (SSSR count). The molecule has 1 aromatic carbocycles. The fourth-order valence-electron chi connectivity index (χ4n) is 1.51. The summed E-state index contributed by atoms with van der Waals surface area (Å²) in [6.45, 7) is 0.327. The number of nitrogens with one attached hydrogen (secondary N) is 2. The molecule has 2 N–H and O–H groups in total. The summed E-state index contributed by atoms with van der Waals surface area (Å²) in [5.74, 6) is -0.235. The first-order valence-electron chi connectivity index (χ1n) is 5.53. The Bertz CT molecular complexity index is 661. The molecule has 0 spiro atoms. The Balaban J connectivity index is 1.99. The second-order valence-corrected chi connectivity index (χ2v) is 6.10. The van der Waals surface area contributed by atoms with Crippen LogP contribution >= 0.6 is 0 Å². The Morgan fingerprint density at radius 3 is 2.53 bits per heavy atom. The molecule has 0 atom stereocenters. The number of aromatic amines is 1. The minimum atomic E-state index is -3.19. The molecule has 0 aliphatic rings. The lowest BCUT2D eigenvalue weighted by molar-refractivity contribution is 0.0951. The molecule has 0 radical (unpaired) electrons. The molecule has 7 heteroatoms. The summed E-state index contributed by atoms with van der Waals surface area (Å²) in [5, 5.41) is 8.95. The van der Waals surface area contributed by atoms with Gasteiger partial charge in [0.05, 0.1) is 16.7 Å². The third-order valence-corrected chi connectivity index (χ3v) is 3.69. The smallest absolute Gasteiger partial charge is 0.254 e. The Kier molecular flexibility index (Phi) is 3.66. The van der Waals surface area contributed by atoms with Crippen LogP contribution in [0.2, 0.25) is 0 Å². The molecule has 0 fully saturated rings. The quantitative estimate of drug-likeness (QED) is 0.863. The molecule has 0 saturated heterocycles. The van der Waals surface area contributed by atoms with Gasteiger partial charge in [-0.05, 0) is 17.7 Å². The van der Waals surface area contributed by atoms with Crippen LogP contribution in [0.1, 0.15) is 15.9 Å². The van der Waals surface area contributed by atoms with Crippen LogP contribution in [0.5, 0.6) is 0 Å². The third kappa shape index (κ3) is 3.41. The Hall–Kier alpha value is -2.15. The van der Waals surface area contributed by atoms with Crippen molar-refractivity contribution in [3.05, 3.63) is 47.8 Å². The molecular formula is C12H13N3O3S. The number of amides is 1. The highest BCUT2D eigenvalue weighted by Crippen LogP contribution is 2.10. The summed E-state index contributed by atoms with van der Waals surface area (Å²) in [7, 11) is -3.19. The molecule has 1 aromatic heterocycles. The van der Waals surface area contributed by atoms with Gasteiger partial charge in [0.25, 0.3) is 5.91 Å². The second kappa shape index (κ2) is 5.23. The Morgan fingerprint density at radius 2 is 2.00 bits per heavy atom. The van der Waals surface area contributed by atoms with Gasteiger partial charge < -0.3 is 5.32 Å². The van der Waals surface area contributed by atoms with Crippen molar-refractivity contribution >= 4 is 15.7 Å². The maximum Gasteiger partial charge on any atom is 0.254 e. The van der Waals surface area contributed by atoms with Crippen molar-refractivity contribution < 1.29 is 13.2 Å². The van der Waals surface area contributed by atoms with Gasteiger partial charge in [-0.2, -0.15) is 5.10 Å². The monoisotopic (exact) mass is 279 g/mol. The second-order valence-electron chi connectivity index (χ2n) is 4.09. The third-order valence-electron chi connectivity index (χ3n) is 2.56. The van der Waals surface area contributed by atoms with Crippen molar-refractivity contribution in [2.24, 2.45) is 0 Å². The van der Waals surface area contributed by atoms with E-state index in [1.807, 2.05) is 0 Å². The standard InChI is InChI=1S/C12H13N3O3S/c1-19(17,18)11-4-2-9(3-5-11)6-13-12(16)10-7-14-15-8-10/h2-5,7-8H,6H2,1H3,(H,13,16)(H,14,15). The number of rotatable bonds is 4. The maximum absolute atomic E-state index is 11.6. The highest BCUT2D eigenvalue weighted by Gasteiger charge is 2.08. The van der Waals surface area contributed by atoms with E-state index in [-0.39, 0.29) is 10.8 Å². The number of sulfone groups is 1. The summed E-state index contributed by atoms with van der Waals surface area (Å²) >= 11 is 0. The van der Waals surface area contributed by atoms with Crippen molar-refractivity contribution in [1.29, 1.82) is 0 Å². The molecule has 19 heavy (non-hydrogen) atoms. The van der Waals surface area contributed by atoms with Crippen LogP contribution in [0.4, 0.5) is 0 Å². The van der Waals surface area contributed by atoms with E-state index >= 15 is 0 Å². The maximum atomic E-state index is 11.6. The predicted molar refractivity (Wildman–Crippen MR) is 69.3 cm³/mol. The van der Waals surface area contributed by atoms with Crippen LogP contribution in [0.15, 0.2) is 41.6 Å². The van der Waals surface area contributed by atoms with E-state index in [2.05, 4.69) is 15.5 Å². The molecule has 0 saturated carbocycles. The number of carbonyl (C=O) groups is 1. The van der Waals surface area contributed by atoms with Crippen LogP contribution in [0.3, 0.4) is 0 Å². The van der Waals surface area contributed by atoms with E-state index in [9.17, 15) is 13.2 Å². The number of carbonyl (C=O) groups excluding carboxylic acids is 1. The van der Waals surface area contributed by atoms with Crippen LogP contribution in [-0.4, -0.2) is 30.8 Å². The Morgan fingerprint density at radius 1 is 1.32 bits per heavy atom. The van der Waals surface area contributed by atoms with Gasteiger partial charge >= 0.3 is 0 Å². The average Bonchev–Trinajstić information content (AvgIpc) is 2.89. The molecule has 0 aliphatic carbocycles. The zero-order valence-corrected chi connectivity index (χ0v) is 11.1. The van der Waals surface area contributed by atoms with Crippen molar-refractivity contribution in [3.63, 3.8) is 0 Å². The number of nitrogens with zero attached hydrogens (tertiary/aromatic N) is 1. The number of H-pyrrole nitrogens is 1. The van der Waals surface area contributed by atoms with E-state index in [0.29, 0.717) is 12.1 Å². The fourth-order valence-corrected chi connectivity index (χ4v) is 2.14. The van der Waals surface area contributed by atoms with Crippen molar-refractivity contribution in [2.45, 2.75) is 11.4 Å². The predicted octanol–water partition coefficient (Wildman–Crippen LogP) is 0.743. The van der Waals surface area contributed by atoms with Crippen molar-refractivity contribution in [3.8, 4) is 0 Å². The van der Waals surface area contributed by atoms with Gasteiger partial charge in [-0.3, -0.25) is 9.89 Å². The van der Waals surface area contributed by atoms with E-state index in [1.54, 1.807) is 12.1 Å².